The second-order valence-electron chi connectivity index (χ2n) is 4.82. The van der Waals surface area contributed by atoms with Crippen LogP contribution in [0, 0.1) is 5.82 Å². The Balaban J connectivity index is 2.08. The minimum absolute atomic E-state index is 0.0960. The second-order valence-corrected chi connectivity index (χ2v) is 5.76. The van der Waals surface area contributed by atoms with Gasteiger partial charge in [0, 0.05) is 5.69 Å². The van der Waals surface area contributed by atoms with Gasteiger partial charge in [0.15, 0.2) is 11.0 Å². The number of carbonyl (C=O) groups excluding carboxylic acids is 1. The quantitative estimate of drug-likeness (QED) is 0.525. The summed E-state index contributed by atoms with van der Waals surface area (Å²) in [6, 6.07) is 15.8. The van der Waals surface area contributed by atoms with Crippen LogP contribution in [0.3, 0.4) is 0 Å². The van der Waals surface area contributed by atoms with Crippen molar-refractivity contribution in [2.45, 2.75) is 5.16 Å². The van der Waals surface area contributed by atoms with Crippen LogP contribution in [0.5, 0.6) is 0 Å². The van der Waals surface area contributed by atoms with Gasteiger partial charge >= 0.3 is 5.97 Å². The molecule has 2 aromatic carbocycles. The summed E-state index contributed by atoms with van der Waals surface area (Å²) in [6.07, 6.45) is 0. The van der Waals surface area contributed by atoms with Crippen molar-refractivity contribution in [3.63, 3.8) is 0 Å². The highest BCUT2D eigenvalue weighted by molar-refractivity contribution is 7.99. The fraction of sp³-hybridized carbons (Fsp3) is 0.118. The molecule has 0 aliphatic rings. The minimum atomic E-state index is -0.383. The molecule has 0 aliphatic carbocycles. The van der Waals surface area contributed by atoms with Gasteiger partial charge in [-0.3, -0.25) is 9.36 Å². The molecule has 3 rings (SSSR count). The van der Waals surface area contributed by atoms with Gasteiger partial charge in [-0.05, 0) is 24.3 Å². The number of rotatable bonds is 5. The zero-order valence-corrected chi connectivity index (χ0v) is 13.7. The highest BCUT2D eigenvalue weighted by Gasteiger charge is 2.19. The van der Waals surface area contributed by atoms with Crippen molar-refractivity contribution in [2.75, 3.05) is 12.9 Å². The van der Waals surface area contributed by atoms with Crippen LogP contribution in [0.4, 0.5) is 4.39 Å². The van der Waals surface area contributed by atoms with E-state index in [1.54, 1.807) is 22.8 Å². The van der Waals surface area contributed by atoms with Crippen LogP contribution in [0.15, 0.2) is 59.8 Å². The number of benzene rings is 2. The van der Waals surface area contributed by atoms with Crippen LogP contribution < -0.4 is 0 Å². The van der Waals surface area contributed by atoms with Crippen molar-refractivity contribution in [3.8, 4) is 17.1 Å². The third-order valence-electron chi connectivity index (χ3n) is 3.31. The van der Waals surface area contributed by atoms with Crippen molar-refractivity contribution in [3.05, 3.63) is 60.4 Å². The van der Waals surface area contributed by atoms with Crippen molar-refractivity contribution < 1.29 is 13.9 Å². The fourth-order valence-electron chi connectivity index (χ4n) is 2.17. The lowest BCUT2D eigenvalue weighted by molar-refractivity contribution is -0.137. The highest BCUT2D eigenvalue weighted by atomic mass is 32.2. The van der Waals surface area contributed by atoms with Crippen molar-refractivity contribution in [1.82, 2.24) is 14.8 Å². The van der Waals surface area contributed by atoms with Crippen molar-refractivity contribution >= 4 is 17.7 Å². The van der Waals surface area contributed by atoms with E-state index in [2.05, 4.69) is 14.9 Å². The number of nitrogens with zero attached hydrogens (tertiary/aromatic N) is 3. The molecule has 0 radical (unpaired) electrons. The molecule has 122 valence electrons. The number of ether oxygens (including phenoxy) is 1. The number of hydrogen-bond acceptors (Lipinski definition) is 5. The molecule has 0 saturated heterocycles. The van der Waals surface area contributed by atoms with Gasteiger partial charge in [-0.25, -0.2) is 4.39 Å². The molecular formula is C17H14FN3O2S. The summed E-state index contributed by atoms with van der Waals surface area (Å²) in [5, 5.41) is 8.74. The fourth-order valence-corrected chi connectivity index (χ4v) is 2.96. The molecule has 7 heteroatoms. The van der Waals surface area contributed by atoms with Crippen LogP contribution in [0.25, 0.3) is 17.1 Å². The third kappa shape index (κ3) is 3.30. The molecule has 0 amide bonds. The predicted molar refractivity (Wildman–Crippen MR) is 89.5 cm³/mol. The van der Waals surface area contributed by atoms with Gasteiger partial charge in [0.2, 0.25) is 0 Å². The maximum absolute atomic E-state index is 14.2. The Morgan fingerprint density at radius 3 is 2.54 bits per heavy atom. The zero-order valence-electron chi connectivity index (χ0n) is 12.8. The van der Waals surface area contributed by atoms with E-state index >= 15 is 0 Å². The van der Waals surface area contributed by atoms with Crippen LogP contribution in [-0.2, 0) is 9.53 Å². The van der Waals surface area contributed by atoms with Gasteiger partial charge in [0.1, 0.15) is 5.82 Å². The first-order valence-electron chi connectivity index (χ1n) is 7.16. The number of methoxy groups -OCH3 is 1. The lowest BCUT2D eigenvalue weighted by atomic mass is 10.2. The number of halogens is 1. The summed E-state index contributed by atoms with van der Waals surface area (Å²) in [5.41, 5.74) is 1.13. The largest absolute Gasteiger partial charge is 0.468 e. The number of para-hydroxylation sites is 1. The summed E-state index contributed by atoms with van der Waals surface area (Å²) < 4.78 is 20.6. The number of thioether (sulfide) groups is 1. The number of carbonyl (C=O) groups is 1. The molecule has 24 heavy (non-hydrogen) atoms. The van der Waals surface area contributed by atoms with Gasteiger partial charge in [-0.15, -0.1) is 10.2 Å². The molecule has 0 spiro atoms. The van der Waals surface area contributed by atoms with E-state index in [0.717, 1.165) is 5.69 Å². The molecule has 0 fully saturated rings. The smallest absolute Gasteiger partial charge is 0.316 e. The molecule has 1 aromatic heterocycles. The average Bonchev–Trinajstić information content (AvgIpc) is 3.04. The first-order chi connectivity index (χ1) is 11.7. The highest BCUT2D eigenvalue weighted by Crippen LogP contribution is 2.29. The van der Waals surface area contributed by atoms with E-state index in [9.17, 15) is 9.18 Å². The SMILES string of the molecule is COC(=O)CSc1nnc(-c2ccccc2F)n1-c1ccccc1. The third-order valence-corrected chi connectivity index (χ3v) is 4.21. The van der Waals surface area contributed by atoms with Crippen LogP contribution in [-0.4, -0.2) is 33.6 Å². The normalized spacial score (nSPS) is 10.6. The predicted octanol–water partition coefficient (Wildman–Crippen LogP) is 3.34. The summed E-state index contributed by atoms with van der Waals surface area (Å²) in [6.45, 7) is 0. The van der Waals surface area contributed by atoms with Gasteiger partial charge in [-0.2, -0.15) is 0 Å². The van der Waals surface area contributed by atoms with E-state index in [-0.39, 0.29) is 17.5 Å². The topological polar surface area (TPSA) is 57.0 Å². The molecule has 1 heterocycles. The van der Waals surface area contributed by atoms with Crippen molar-refractivity contribution in [1.29, 1.82) is 0 Å². The monoisotopic (exact) mass is 343 g/mol. The summed E-state index contributed by atoms with van der Waals surface area (Å²) in [5.74, 6) is -0.271. The van der Waals surface area contributed by atoms with Gasteiger partial charge in [-0.1, -0.05) is 42.1 Å². The van der Waals surface area contributed by atoms with E-state index in [1.807, 2.05) is 30.3 Å². The molecule has 0 aliphatic heterocycles. The summed E-state index contributed by atoms with van der Waals surface area (Å²) in [4.78, 5) is 11.4. The Morgan fingerprint density at radius 1 is 1.12 bits per heavy atom. The molecule has 5 nitrogen and oxygen atoms in total. The molecule has 0 atom stereocenters. The maximum Gasteiger partial charge on any atom is 0.316 e. The van der Waals surface area contributed by atoms with E-state index in [1.165, 1.54) is 24.9 Å². The summed E-state index contributed by atoms with van der Waals surface area (Å²) >= 11 is 1.19. The zero-order chi connectivity index (χ0) is 16.9. The Labute approximate surface area is 142 Å². The lowest BCUT2D eigenvalue weighted by Crippen LogP contribution is -2.05. The molecule has 0 unspecified atom stereocenters. The molecule has 0 bridgehead atoms. The first kappa shape index (κ1) is 16.2. The number of esters is 1. The van der Waals surface area contributed by atoms with E-state index in [0.29, 0.717) is 16.5 Å². The van der Waals surface area contributed by atoms with Gasteiger partial charge < -0.3 is 4.74 Å². The van der Waals surface area contributed by atoms with Crippen LogP contribution >= 0.6 is 11.8 Å². The summed E-state index contributed by atoms with van der Waals surface area (Å²) in [7, 11) is 1.33. The number of hydrogen-bond donors (Lipinski definition) is 0. The molecule has 0 saturated carbocycles. The average molecular weight is 343 g/mol. The lowest BCUT2D eigenvalue weighted by Gasteiger charge is -2.10. The minimum Gasteiger partial charge on any atom is -0.468 e. The maximum atomic E-state index is 14.2. The Hall–Kier alpha value is -2.67. The standard InChI is InChI=1S/C17H14FN3O2S/c1-23-15(22)11-24-17-20-19-16(13-9-5-6-10-14(13)18)21(17)12-7-3-2-4-8-12/h2-10H,11H2,1H3. The Bertz CT molecular complexity index is 852. The van der Waals surface area contributed by atoms with Gasteiger partial charge in [0.25, 0.3) is 0 Å². The van der Waals surface area contributed by atoms with Crippen LogP contribution in [0.2, 0.25) is 0 Å². The van der Waals surface area contributed by atoms with Crippen LogP contribution in [0.1, 0.15) is 0 Å². The van der Waals surface area contributed by atoms with Crippen molar-refractivity contribution in [2.24, 2.45) is 0 Å². The molecular weight excluding hydrogens is 329 g/mol. The number of aromatic nitrogens is 3. The van der Waals surface area contributed by atoms with E-state index < -0.39 is 0 Å². The first-order valence-corrected chi connectivity index (χ1v) is 8.14. The Morgan fingerprint density at radius 2 is 1.83 bits per heavy atom. The molecule has 0 N–H and O–H groups in total. The molecule has 3 aromatic rings. The van der Waals surface area contributed by atoms with Gasteiger partial charge in [0.05, 0.1) is 18.4 Å². The Kier molecular flexibility index (Phi) is 4.90. The second kappa shape index (κ2) is 7.27. The van der Waals surface area contributed by atoms with E-state index in [4.69, 9.17) is 0 Å².